The van der Waals surface area contributed by atoms with Gasteiger partial charge in [0, 0.05) is 24.6 Å². The van der Waals surface area contributed by atoms with Crippen molar-refractivity contribution in [3.63, 3.8) is 0 Å². The Labute approximate surface area is 173 Å². The number of carbonyl (C=O) groups excluding carboxylic acids is 1. The fourth-order valence-corrected chi connectivity index (χ4v) is 3.22. The fraction of sp³-hybridized carbons (Fsp3) is 0.300. The summed E-state index contributed by atoms with van der Waals surface area (Å²) in [6.07, 6.45) is -7.41. The molecule has 2 aromatic rings. The van der Waals surface area contributed by atoms with Crippen LogP contribution in [0.3, 0.4) is 0 Å². The topological polar surface area (TPSA) is 81.9 Å². The van der Waals surface area contributed by atoms with E-state index in [9.17, 15) is 26.7 Å². The van der Waals surface area contributed by atoms with E-state index in [2.05, 4.69) is 19.6 Å². The van der Waals surface area contributed by atoms with Crippen LogP contribution in [0, 0.1) is 12.4 Å². The molecule has 2 N–H and O–H groups in total. The predicted octanol–water partition coefficient (Wildman–Crippen LogP) is 4.03. The van der Waals surface area contributed by atoms with Crippen LogP contribution < -0.4 is 5.73 Å². The molecular weight excluding hydrogens is 423 g/mol. The molecule has 162 valence electrons. The highest BCUT2D eigenvalue weighted by molar-refractivity contribution is 5.96. The lowest BCUT2D eigenvalue weighted by atomic mass is 9.83. The summed E-state index contributed by atoms with van der Waals surface area (Å²) in [4.78, 5) is 23.1. The summed E-state index contributed by atoms with van der Waals surface area (Å²) < 4.78 is 72.6. The SMILES string of the molecule is [C-]#[N+]c1ccc(C(=O)Cc2ccc(F)c([C@]3(CF)C[C@@H](C(F)(F)F)OC(N)=N3)c2)nc1. The van der Waals surface area contributed by atoms with Crippen LogP contribution in [0.25, 0.3) is 4.85 Å². The van der Waals surface area contributed by atoms with E-state index in [1.807, 2.05) is 0 Å². The quantitative estimate of drug-likeness (QED) is 0.434. The summed E-state index contributed by atoms with van der Waals surface area (Å²) in [5.74, 6) is -1.47. The second kappa shape index (κ2) is 8.29. The van der Waals surface area contributed by atoms with Crippen LogP contribution in [0.4, 0.5) is 27.6 Å². The number of aliphatic imine (C=N–C) groups is 1. The van der Waals surface area contributed by atoms with E-state index in [1.165, 1.54) is 24.4 Å². The molecule has 6 nitrogen and oxygen atoms in total. The first-order valence-corrected chi connectivity index (χ1v) is 8.88. The number of rotatable bonds is 5. The number of halogens is 5. The number of hydrogen-bond donors (Lipinski definition) is 1. The summed E-state index contributed by atoms with van der Waals surface area (Å²) in [6, 6.07) is 5.11. The van der Waals surface area contributed by atoms with Gasteiger partial charge in [0.2, 0.25) is 5.69 Å². The highest BCUT2D eigenvalue weighted by Gasteiger charge is 2.52. The number of carbonyl (C=O) groups is 1. The number of alkyl halides is 4. The third-order valence-electron chi connectivity index (χ3n) is 4.76. The maximum Gasteiger partial charge on any atom is 0.425 e. The monoisotopic (exact) mass is 438 g/mol. The summed E-state index contributed by atoms with van der Waals surface area (Å²) in [5, 5.41) is 0. The van der Waals surface area contributed by atoms with Crippen molar-refractivity contribution in [2.24, 2.45) is 10.7 Å². The molecule has 11 heteroatoms. The van der Waals surface area contributed by atoms with Crippen LogP contribution in [-0.2, 0) is 16.7 Å². The highest BCUT2D eigenvalue weighted by atomic mass is 19.4. The molecular formula is C20H15F5N4O2. The zero-order valence-electron chi connectivity index (χ0n) is 15.8. The number of aromatic nitrogens is 1. The molecule has 0 fully saturated rings. The van der Waals surface area contributed by atoms with Crippen molar-refractivity contribution in [3.05, 3.63) is 70.6 Å². The number of ketones is 1. The minimum absolute atomic E-state index is 0.0453. The molecule has 0 amide bonds. The third-order valence-corrected chi connectivity index (χ3v) is 4.76. The van der Waals surface area contributed by atoms with Gasteiger partial charge in [-0.1, -0.05) is 12.1 Å². The van der Waals surface area contributed by atoms with E-state index < -0.39 is 54.1 Å². The molecule has 1 aliphatic heterocycles. The number of nitrogens with zero attached hydrogens (tertiary/aromatic N) is 3. The van der Waals surface area contributed by atoms with Gasteiger partial charge in [0.15, 0.2) is 11.9 Å². The molecule has 0 saturated heterocycles. The average Bonchev–Trinajstić information content (AvgIpc) is 2.74. The van der Waals surface area contributed by atoms with E-state index in [4.69, 9.17) is 12.3 Å². The van der Waals surface area contributed by atoms with E-state index in [0.717, 1.165) is 12.1 Å². The number of ether oxygens (including phenoxy) is 1. The van der Waals surface area contributed by atoms with E-state index in [1.54, 1.807) is 0 Å². The second-order valence-corrected chi connectivity index (χ2v) is 6.90. The highest BCUT2D eigenvalue weighted by Crippen LogP contribution is 2.41. The van der Waals surface area contributed by atoms with Gasteiger partial charge in [0.05, 0.1) is 6.57 Å². The fourth-order valence-electron chi connectivity index (χ4n) is 3.22. The number of nitrogens with two attached hydrogens (primary N) is 1. The number of pyridine rings is 1. The second-order valence-electron chi connectivity index (χ2n) is 6.90. The molecule has 0 radical (unpaired) electrons. The third kappa shape index (κ3) is 4.63. The molecule has 2 atom stereocenters. The van der Waals surface area contributed by atoms with Gasteiger partial charge in [0.1, 0.15) is 23.7 Å². The Kier molecular flexibility index (Phi) is 5.92. The lowest BCUT2D eigenvalue weighted by Gasteiger charge is -2.36. The van der Waals surface area contributed by atoms with Crippen LogP contribution in [0.2, 0.25) is 0 Å². The lowest BCUT2D eigenvalue weighted by Crippen LogP contribution is -2.48. The molecule has 3 rings (SSSR count). The molecule has 0 aliphatic carbocycles. The van der Waals surface area contributed by atoms with Gasteiger partial charge in [-0.2, -0.15) is 13.2 Å². The van der Waals surface area contributed by atoms with Crippen LogP contribution in [-0.4, -0.2) is 35.7 Å². The zero-order chi connectivity index (χ0) is 22.8. The van der Waals surface area contributed by atoms with Gasteiger partial charge >= 0.3 is 6.18 Å². The van der Waals surface area contributed by atoms with E-state index in [-0.39, 0.29) is 23.4 Å². The molecule has 1 aliphatic rings. The van der Waals surface area contributed by atoms with Crippen LogP contribution in [0.15, 0.2) is 41.5 Å². The maximum absolute atomic E-state index is 14.6. The van der Waals surface area contributed by atoms with E-state index in [0.29, 0.717) is 0 Å². The first-order chi connectivity index (χ1) is 14.6. The van der Waals surface area contributed by atoms with Crippen LogP contribution >= 0.6 is 0 Å². The smallest absolute Gasteiger partial charge is 0.425 e. The average molecular weight is 438 g/mol. The van der Waals surface area contributed by atoms with Crippen molar-refractivity contribution in [1.29, 1.82) is 0 Å². The Balaban J connectivity index is 1.94. The van der Waals surface area contributed by atoms with Crippen LogP contribution in [0.5, 0.6) is 0 Å². The largest absolute Gasteiger partial charge is 0.452 e. The van der Waals surface area contributed by atoms with Gasteiger partial charge in [-0.3, -0.25) is 9.78 Å². The Hall–Kier alpha value is -3.55. The Morgan fingerprint density at radius 2 is 2.06 bits per heavy atom. The standard InChI is InChI=1S/C20H15F5N4O2/c1-27-12-3-5-15(28-9-12)16(30)7-11-2-4-14(22)13(6-11)19(10-21)8-17(20(23,24)25)31-18(26)29-19/h2-6,9,17H,7-8,10H2,(H2,26,29)/t17-,19+/m0/s1. The molecule has 0 spiro atoms. The Bertz CT molecular complexity index is 1060. The molecule has 1 aromatic carbocycles. The van der Waals surface area contributed by atoms with Gasteiger partial charge < -0.3 is 10.5 Å². The summed E-state index contributed by atoms with van der Waals surface area (Å²) in [6.45, 7) is 5.42. The lowest BCUT2D eigenvalue weighted by molar-refractivity contribution is -0.209. The summed E-state index contributed by atoms with van der Waals surface area (Å²) in [7, 11) is 0. The minimum atomic E-state index is -4.87. The van der Waals surface area contributed by atoms with Gasteiger partial charge in [-0.25, -0.2) is 18.6 Å². The minimum Gasteiger partial charge on any atom is -0.452 e. The molecule has 0 bridgehead atoms. The van der Waals surface area contributed by atoms with Gasteiger partial charge in [-0.15, -0.1) is 0 Å². The molecule has 0 saturated carbocycles. The van der Waals surface area contributed by atoms with Crippen molar-refractivity contribution >= 4 is 17.5 Å². The first-order valence-electron chi connectivity index (χ1n) is 8.88. The molecule has 31 heavy (non-hydrogen) atoms. The molecule has 1 aromatic heterocycles. The van der Waals surface area contributed by atoms with Crippen molar-refractivity contribution in [2.45, 2.75) is 30.7 Å². The van der Waals surface area contributed by atoms with Crippen molar-refractivity contribution in [3.8, 4) is 0 Å². The Morgan fingerprint density at radius 3 is 2.65 bits per heavy atom. The number of benzene rings is 1. The number of Topliss-reactive ketones (excluding diaryl/α,β-unsaturated/α-hetero) is 1. The first kappa shape index (κ1) is 22.1. The zero-order valence-corrected chi connectivity index (χ0v) is 15.8. The summed E-state index contributed by atoms with van der Waals surface area (Å²) >= 11 is 0. The van der Waals surface area contributed by atoms with Crippen molar-refractivity contribution in [2.75, 3.05) is 6.67 Å². The molecule has 2 heterocycles. The van der Waals surface area contributed by atoms with Gasteiger partial charge in [0.25, 0.3) is 6.02 Å². The maximum atomic E-state index is 14.6. The number of amidine groups is 1. The van der Waals surface area contributed by atoms with Gasteiger partial charge in [-0.05, 0) is 23.8 Å². The predicted molar refractivity (Wildman–Crippen MR) is 99.8 cm³/mol. The molecule has 0 unspecified atom stereocenters. The summed E-state index contributed by atoms with van der Waals surface area (Å²) in [5.41, 5.74) is 3.12. The van der Waals surface area contributed by atoms with Crippen LogP contribution in [0.1, 0.15) is 28.0 Å². The Morgan fingerprint density at radius 1 is 1.32 bits per heavy atom. The number of hydrogen-bond acceptors (Lipinski definition) is 5. The van der Waals surface area contributed by atoms with E-state index >= 15 is 0 Å². The normalized spacial score (nSPS) is 21.0. The van der Waals surface area contributed by atoms with Crippen molar-refractivity contribution in [1.82, 2.24) is 4.98 Å². The van der Waals surface area contributed by atoms with Crippen molar-refractivity contribution < 1.29 is 31.5 Å².